The molecule has 2 N–H and O–H groups in total. The van der Waals surface area contributed by atoms with E-state index in [0.717, 1.165) is 17.5 Å². The van der Waals surface area contributed by atoms with E-state index in [1.807, 2.05) is 32.0 Å². The number of hydrazine groups is 1. The number of hydrogen-bond acceptors (Lipinski definition) is 4. The second-order valence-electron chi connectivity index (χ2n) is 5.10. The van der Waals surface area contributed by atoms with Crippen molar-refractivity contribution in [1.82, 2.24) is 10.9 Å². The molecule has 0 unspecified atom stereocenters. The van der Waals surface area contributed by atoms with Crippen molar-refractivity contribution in [3.8, 4) is 5.75 Å². The minimum Gasteiger partial charge on any atom is -0.483 e. The number of benzene rings is 1. The molecule has 1 aromatic rings. The third-order valence-electron chi connectivity index (χ3n) is 3.24. The Labute approximate surface area is 123 Å². The minimum atomic E-state index is -0.467. The van der Waals surface area contributed by atoms with Crippen LogP contribution in [0.4, 0.5) is 0 Å². The molecule has 114 valence electrons. The summed E-state index contributed by atoms with van der Waals surface area (Å²) in [5, 5.41) is 0. The molecule has 0 aromatic heterocycles. The van der Waals surface area contributed by atoms with Crippen LogP contribution in [0.1, 0.15) is 24.0 Å². The summed E-state index contributed by atoms with van der Waals surface area (Å²) in [7, 11) is 0. The average Bonchev–Trinajstić information content (AvgIpc) is 2.98. The molecule has 0 bridgehead atoms. The normalized spacial score (nSPS) is 17.3. The highest BCUT2D eigenvalue weighted by molar-refractivity contribution is 5.85. The maximum Gasteiger partial charge on any atom is 0.276 e. The molecule has 1 aromatic carbocycles. The van der Waals surface area contributed by atoms with Crippen molar-refractivity contribution in [2.24, 2.45) is 0 Å². The summed E-state index contributed by atoms with van der Waals surface area (Å²) in [6, 6.07) is 5.72. The second kappa shape index (κ2) is 7.08. The maximum atomic E-state index is 11.6. The zero-order valence-corrected chi connectivity index (χ0v) is 12.3. The predicted octanol–water partition coefficient (Wildman–Crippen LogP) is 1.01. The van der Waals surface area contributed by atoms with Gasteiger partial charge in [-0.2, -0.15) is 0 Å². The summed E-state index contributed by atoms with van der Waals surface area (Å²) in [4.78, 5) is 23.2. The van der Waals surface area contributed by atoms with Gasteiger partial charge in [0.25, 0.3) is 11.8 Å². The van der Waals surface area contributed by atoms with Crippen molar-refractivity contribution in [2.45, 2.75) is 32.8 Å². The lowest BCUT2D eigenvalue weighted by Crippen LogP contribution is -2.47. The van der Waals surface area contributed by atoms with Crippen molar-refractivity contribution < 1.29 is 19.1 Å². The number of rotatable bonds is 4. The van der Waals surface area contributed by atoms with Crippen LogP contribution in [0, 0.1) is 13.8 Å². The molecule has 1 aliphatic heterocycles. The molecular weight excluding hydrogens is 272 g/mol. The molecule has 1 heterocycles. The Kier molecular flexibility index (Phi) is 5.16. The number of nitrogens with one attached hydrogen (secondary N) is 2. The lowest BCUT2D eigenvalue weighted by molar-refractivity contribution is -0.135. The van der Waals surface area contributed by atoms with Crippen molar-refractivity contribution >= 4 is 11.8 Å². The van der Waals surface area contributed by atoms with Crippen molar-refractivity contribution in [3.63, 3.8) is 0 Å². The fourth-order valence-electron chi connectivity index (χ4n) is 2.14. The first-order chi connectivity index (χ1) is 10.1. The summed E-state index contributed by atoms with van der Waals surface area (Å²) in [6.45, 7) is 4.33. The van der Waals surface area contributed by atoms with E-state index in [9.17, 15) is 9.59 Å². The predicted molar refractivity (Wildman–Crippen MR) is 76.7 cm³/mol. The molecular formula is C15H20N2O4. The van der Waals surface area contributed by atoms with Crippen LogP contribution in [0.2, 0.25) is 0 Å². The highest BCUT2D eigenvalue weighted by Gasteiger charge is 2.23. The highest BCUT2D eigenvalue weighted by atomic mass is 16.5. The highest BCUT2D eigenvalue weighted by Crippen LogP contribution is 2.18. The quantitative estimate of drug-likeness (QED) is 0.812. The smallest absolute Gasteiger partial charge is 0.276 e. The molecule has 0 radical (unpaired) electrons. The van der Waals surface area contributed by atoms with Crippen LogP contribution in [0.3, 0.4) is 0 Å². The summed E-state index contributed by atoms with van der Waals surface area (Å²) in [5.41, 5.74) is 6.75. The Hall–Kier alpha value is -2.08. The van der Waals surface area contributed by atoms with E-state index in [0.29, 0.717) is 18.8 Å². The molecule has 1 saturated heterocycles. The van der Waals surface area contributed by atoms with Gasteiger partial charge >= 0.3 is 0 Å². The summed E-state index contributed by atoms with van der Waals surface area (Å²) in [5.74, 6) is -0.0881. The Bertz CT molecular complexity index is 524. The Morgan fingerprint density at radius 2 is 2.14 bits per heavy atom. The van der Waals surface area contributed by atoms with Crippen LogP contribution >= 0.6 is 0 Å². The van der Waals surface area contributed by atoms with Crippen molar-refractivity contribution in [2.75, 3.05) is 13.2 Å². The number of carbonyl (C=O) groups is 2. The first-order valence-corrected chi connectivity index (χ1v) is 6.96. The van der Waals surface area contributed by atoms with Crippen LogP contribution < -0.4 is 15.6 Å². The number of ether oxygens (including phenoxy) is 2. The van der Waals surface area contributed by atoms with Crippen LogP contribution in [-0.2, 0) is 14.3 Å². The van der Waals surface area contributed by atoms with Gasteiger partial charge in [-0.05, 0) is 38.3 Å². The van der Waals surface area contributed by atoms with Crippen LogP contribution in [0.5, 0.6) is 5.75 Å². The van der Waals surface area contributed by atoms with Crippen LogP contribution in [-0.4, -0.2) is 31.1 Å². The molecule has 1 fully saturated rings. The van der Waals surface area contributed by atoms with Crippen LogP contribution in [0.25, 0.3) is 0 Å². The van der Waals surface area contributed by atoms with Gasteiger partial charge in [0, 0.05) is 6.61 Å². The zero-order chi connectivity index (χ0) is 15.2. The SMILES string of the molecule is Cc1ccc(OCC(=O)NNC(=O)[C@@H]2CCCO2)c(C)c1. The standard InChI is InChI=1S/C15H20N2O4/c1-10-5-6-12(11(2)8-10)21-9-14(18)16-17-15(19)13-4-3-7-20-13/h5-6,8,13H,3-4,7,9H2,1-2H3,(H,16,18)(H,17,19)/t13-/m0/s1. The fourth-order valence-corrected chi connectivity index (χ4v) is 2.14. The first-order valence-electron chi connectivity index (χ1n) is 6.96. The molecule has 0 spiro atoms. The van der Waals surface area contributed by atoms with Gasteiger partial charge in [-0.25, -0.2) is 0 Å². The van der Waals surface area contributed by atoms with Gasteiger partial charge in [0.2, 0.25) is 0 Å². The Morgan fingerprint density at radius 3 is 2.81 bits per heavy atom. The third-order valence-corrected chi connectivity index (χ3v) is 3.24. The largest absolute Gasteiger partial charge is 0.483 e. The Balaban J connectivity index is 1.73. The van der Waals surface area contributed by atoms with E-state index in [1.165, 1.54) is 0 Å². The van der Waals surface area contributed by atoms with E-state index in [2.05, 4.69) is 10.9 Å². The summed E-state index contributed by atoms with van der Waals surface area (Å²) in [6.07, 6.45) is 1.08. The minimum absolute atomic E-state index is 0.157. The number of aryl methyl sites for hydroxylation is 2. The lowest BCUT2D eigenvalue weighted by atomic mass is 10.1. The molecule has 0 saturated carbocycles. The first kappa shape index (κ1) is 15.3. The van der Waals surface area contributed by atoms with Gasteiger partial charge in [-0.3, -0.25) is 20.4 Å². The summed E-state index contributed by atoms with van der Waals surface area (Å²) >= 11 is 0. The van der Waals surface area contributed by atoms with Crippen molar-refractivity contribution in [3.05, 3.63) is 29.3 Å². The van der Waals surface area contributed by atoms with Gasteiger partial charge in [0.15, 0.2) is 6.61 Å². The van der Waals surface area contributed by atoms with E-state index < -0.39 is 12.0 Å². The average molecular weight is 292 g/mol. The second-order valence-corrected chi connectivity index (χ2v) is 5.10. The molecule has 6 heteroatoms. The van der Waals surface area contributed by atoms with Gasteiger partial charge in [-0.15, -0.1) is 0 Å². The molecule has 1 aliphatic rings. The number of carbonyl (C=O) groups excluding carboxylic acids is 2. The van der Waals surface area contributed by atoms with E-state index in [4.69, 9.17) is 9.47 Å². The maximum absolute atomic E-state index is 11.6. The Morgan fingerprint density at radius 1 is 1.33 bits per heavy atom. The van der Waals surface area contributed by atoms with Gasteiger partial charge in [0.1, 0.15) is 11.9 Å². The number of hydrogen-bond donors (Lipinski definition) is 2. The van der Waals surface area contributed by atoms with E-state index in [-0.39, 0.29) is 12.5 Å². The lowest BCUT2D eigenvalue weighted by Gasteiger charge is -2.12. The summed E-state index contributed by atoms with van der Waals surface area (Å²) < 4.78 is 10.6. The molecule has 0 aliphatic carbocycles. The van der Waals surface area contributed by atoms with Crippen molar-refractivity contribution in [1.29, 1.82) is 0 Å². The topological polar surface area (TPSA) is 76.7 Å². The van der Waals surface area contributed by atoms with Crippen LogP contribution in [0.15, 0.2) is 18.2 Å². The fraction of sp³-hybridized carbons (Fsp3) is 0.467. The number of amides is 2. The zero-order valence-electron chi connectivity index (χ0n) is 12.3. The van der Waals surface area contributed by atoms with Gasteiger partial charge < -0.3 is 9.47 Å². The molecule has 2 rings (SSSR count). The van der Waals surface area contributed by atoms with E-state index in [1.54, 1.807) is 0 Å². The van der Waals surface area contributed by atoms with Gasteiger partial charge in [-0.1, -0.05) is 17.7 Å². The molecule has 1 atom stereocenters. The van der Waals surface area contributed by atoms with Gasteiger partial charge in [0.05, 0.1) is 0 Å². The monoisotopic (exact) mass is 292 g/mol. The molecule has 2 amide bonds. The third kappa shape index (κ3) is 4.46. The van der Waals surface area contributed by atoms with E-state index >= 15 is 0 Å². The molecule has 21 heavy (non-hydrogen) atoms. The molecule has 6 nitrogen and oxygen atoms in total.